The Morgan fingerprint density at radius 3 is 3.00 bits per heavy atom. The molecule has 2 aromatic rings. The summed E-state index contributed by atoms with van der Waals surface area (Å²) in [6, 6.07) is 4.08. The first-order valence-electron chi connectivity index (χ1n) is 9.58. The number of fused-ring (bicyclic) bond motifs is 1. The highest BCUT2D eigenvalue weighted by atomic mass is 16.5. The molecule has 144 valence electrons. The average molecular weight is 370 g/mol. The summed E-state index contributed by atoms with van der Waals surface area (Å²) < 4.78 is 7.55. The number of carbonyl (C=O) groups is 1. The smallest absolute Gasteiger partial charge is 0.271 e. The van der Waals surface area contributed by atoms with Crippen LogP contribution in [0.3, 0.4) is 0 Å². The van der Waals surface area contributed by atoms with E-state index in [2.05, 4.69) is 36.1 Å². The van der Waals surface area contributed by atoms with Crippen LogP contribution in [0.4, 0.5) is 0 Å². The van der Waals surface area contributed by atoms with E-state index in [4.69, 9.17) is 4.74 Å². The Bertz CT molecular complexity index is 733. The fourth-order valence-corrected chi connectivity index (χ4v) is 3.68. The van der Waals surface area contributed by atoms with Gasteiger partial charge in [0.05, 0.1) is 19.3 Å². The van der Waals surface area contributed by atoms with Crippen molar-refractivity contribution in [3.05, 3.63) is 47.8 Å². The molecule has 27 heavy (non-hydrogen) atoms. The molecule has 1 unspecified atom stereocenters. The molecule has 0 aromatic carbocycles. The number of carbonyl (C=O) groups excluding carboxylic acids is 1. The summed E-state index contributed by atoms with van der Waals surface area (Å²) in [7, 11) is 0. The molecule has 0 bridgehead atoms. The van der Waals surface area contributed by atoms with Crippen LogP contribution in [-0.4, -0.2) is 71.3 Å². The molecule has 1 fully saturated rings. The van der Waals surface area contributed by atoms with Crippen molar-refractivity contribution in [2.75, 3.05) is 45.9 Å². The van der Waals surface area contributed by atoms with E-state index in [0.717, 1.165) is 50.5 Å². The van der Waals surface area contributed by atoms with Crippen molar-refractivity contribution < 1.29 is 9.53 Å². The van der Waals surface area contributed by atoms with Gasteiger partial charge in [0.1, 0.15) is 11.5 Å². The standard InChI is InChI=1S/C19H26N6O2/c26-19(16-14-25-7-6-20-5-3-18(25)23-16)22-13-17(15-2-1-4-21-12-15)24-8-10-27-11-9-24/h1-2,4,12,14,17,20H,3,5-11,13H2,(H,22,26). The third-order valence-corrected chi connectivity index (χ3v) is 5.16. The summed E-state index contributed by atoms with van der Waals surface area (Å²) in [6.07, 6.45) is 6.36. The molecule has 4 rings (SSSR count). The van der Waals surface area contributed by atoms with Gasteiger partial charge in [0.15, 0.2) is 0 Å². The number of aromatic nitrogens is 3. The number of nitrogens with zero attached hydrogens (tertiary/aromatic N) is 4. The molecular weight excluding hydrogens is 344 g/mol. The fraction of sp³-hybridized carbons (Fsp3) is 0.526. The third-order valence-electron chi connectivity index (χ3n) is 5.16. The number of nitrogens with one attached hydrogen (secondary N) is 2. The summed E-state index contributed by atoms with van der Waals surface area (Å²) in [5.41, 5.74) is 1.60. The van der Waals surface area contributed by atoms with Crippen molar-refractivity contribution in [2.45, 2.75) is 19.0 Å². The molecular formula is C19H26N6O2. The lowest BCUT2D eigenvalue weighted by Crippen LogP contribution is -2.43. The van der Waals surface area contributed by atoms with Gasteiger partial charge < -0.3 is 19.9 Å². The van der Waals surface area contributed by atoms with Crippen LogP contribution in [0.25, 0.3) is 0 Å². The highest BCUT2D eigenvalue weighted by molar-refractivity contribution is 5.92. The SMILES string of the molecule is O=C(NCC(c1cccnc1)N1CCOCC1)c1cn2c(n1)CCNCC2. The Morgan fingerprint density at radius 1 is 1.30 bits per heavy atom. The number of imidazole rings is 1. The summed E-state index contributed by atoms with van der Waals surface area (Å²) in [6.45, 7) is 6.31. The Kier molecular flexibility index (Phi) is 5.76. The molecule has 8 nitrogen and oxygen atoms in total. The van der Waals surface area contributed by atoms with Crippen LogP contribution in [0.15, 0.2) is 30.7 Å². The molecule has 2 aromatic heterocycles. The predicted molar refractivity (Wildman–Crippen MR) is 101 cm³/mol. The Morgan fingerprint density at radius 2 is 2.19 bits per heavy atom. The van der Waals surface area contributed by atoms with E-state index >= 15 is 0 Å². The van der Waals surface area contributed by atoms with Crippen LogP contribution in [0, 0.1) is 0 Å². The second-order valence-corrected chi connectivity index (χ2v) is 6.90. The Labute approximate surface area is 158 Å². The van der Waals surface area contributed by atoms with E-state index in [1.54, 1.807) is 6.20 Å². The lowest BCUT2D eigenvalue weighted by atomic mass is 10.1. The first kappa shape index (κ1) is 18.1. The number of ether oxygens (including phenoxy) is 1. The highest BCUT2D eigenvalue weighted by Gasteiger charge is 2.24. The van der Waals surface area contributed by atoms with Gasteiger partial charge in [0.2, 0.25) is 0 Å². The van der Waals surface area contributed by atoms with Crippen LogP contribution in [0.2, 0.25) is 0 Å². The van der Waals surface area contributed by atoms with Crippen molar-refractivity contribution in [1.29, 1.82) is 0 Å². The molecule has 0 radical (unpaired) electrons. The minimum Gasteiger partial charge on any atom is -0.379 e. The zero-order valence-electron chi connectivity index (χ0n) is 15.4. The van der Waals surface area contributed by atoms with E-state index < -0.39 is 0 Å². The molecule has 4 heterocycles. The minimum atomic E-state index is -0.120. The Hall–Kier alpha value is -2.29. The molecule has 0 aliphatic carbocycles. The number of amides is 1. The maximum atomic E-state index is 12.7. The average Bonchev–Trinajstić information content (AvgIpc) is 3.00. The van der Waals surface area contributed by atoms with Gasteiger partial charge in [0, 0.05) is 64.3 Å². The third kappa shape index (κ3) is 4.35. The molecule has 0 spiro atoms. The van der Waals surface area contributed by atoms with Gasteiger partial charge in [-0.25, -0.2) is 4.98 Å². The molecule has 0 saturated carbocycles. The van der Waals surface area contributed by atoms with Crippen molar-refractivity contribution in [1.82, 2.24) is 30.1 Å². The maximum Gasteiger partial charge on any atom is 0.271 e. The van der Waals surface area contributed by atoms with Gasteiger partial charge >= 0.3 is 0 Å². The summed E-state index contributed by atoms with van der Waals surface area (Å²) in [5, 5.41) is 6.42. The molecule has 1 amide bonds. The lowest BCUT2D eigenvalue weighted by Gasteiger charge is -2.34. The largest absolute Gasteiger partial charge is 0.379 e. The maximum absolute atomic E-state index is 12.7. The monoisotopic (exact) mass is 370 g/mol. The molecule has 2 aliphatic rings. The molecule has 1 saturated heterocycles. The van der Waals surface area contributed by atoms with Gasteiger partial charge in [0.25, 0.3) is 5.91 Å². The van der Waals surface area contributed by atoms with Crippen molar-refractivity contribution in [3.8, 4) is 0 Å². The summed E-state index contributed by atoms with van der Waals surface area (Å²) in [4.78, 5) is 23.8. The van der Waals surface area contributed by atoms with E-state index in [1.165, 1.54) is 0 Å². The van der Waals surface area contributed by atoms with Crippen molar-refractivity contribution in [3.63, 3.8) is 0 Å². The first-order valence-corrected chi connectivity index (χ1v) is 9.58. The van der Waals surface area contributed by atoms with Gasteiger partial charge in [-0.3, -0.25) is 14.7 Å². The van der Waals surface area contributed by atoms with E-state index in [9.17, 15) is 4.79 Å². The van der Waals surface area contributed by atoms with E-state index in [1.807, 2.05) is 18.5 Å². The van der Waals surface area contributed by atoms with Gasteiger partial charge in [-0.15, -0.1) is 0 Å². The number of hydrogen-bond acceptors (Lipinski definition) is 6. The number of pyridine rings is 1. The topological polar surface area (TPSA) is 84.3 Å². The zero-order valence-corrected chi connectivity index (χ0v) is 15.4. The van der Waals surface area contributed by atoms with Crippen LogP contribution < -0.4 is 10.6 Å². The molecule has 1 atom stereocenters. The van der Waals surface area contributed by atoms with E-state index in [-0.39, 0.29) is 11.9 Å². The molecule has 2 aliphatic heterocycles. The van der Waals surface area contributed by atoms with E-state index in [0.29, 0.717) is 25.5 Å². The minimum absolute atomic E-state index is 0.0798. The Balaban J connectivity index is 1.44. The first-order chi connectivity index (χ1) is 13.3. The number of morpholine rings is 1. The number of hydrogen-bond donors (Lipinski definition) is 2. The molecule has 2 N–H and O–H groups in total. The predicted octanol–water partition coefficient (Wildman–Crippen LogP) is 0.227. The van der Waals surface area contributed by atoms with Crippen LogP contribution in [0.1, 0.15) is 27.9 Å². The summed E-state index contributed by atoms with van der Waals surface area (Å²) >= 11 is 0. The van der Waals surface area contributed by atoms with Crippen LogP contribution >= 0.6 is 0 Å². The van der Waals surface area contributed by atoms with Gasteiger partial charge in [-0.05, 0) is 11.6 Å². The van der Waals surface area contributed by atoms with Crippen molar-refractivity contribution >= 4 is 5.91 Å². The zero-order chi connectivity index (χ0) is 18.5. The second kappa shape index (κ2) is 8.60. The summed E-state index contributed by atoms with van der Waals surface area (Å²) in [5.74, 6) is 0.854. The second-order valence-electron chi connectivity index (χ2n) is 6.90. The molecule has 8 heteroatoms. The fourth-order valence-electron chi connectivity index (χ4n) is 3.68. The van der Waals surface area contributed by atoms with Crippen LogP contribution in [0.5, 0.6) is 0 Å². The lowest BCUT2D eigenvalue weighted by molar-refractivity contribution is 0.0161. The number of rotatable bonds is 5. The highest BCUT2D eigenvalue weighted by Crippen LogP contribution is 2.20. The quantitative estimate of drug-likeness (QED) is 0.784. The van der Waals surface area contributed by atoms with Crippen molar-refractivity contribution in [2.24, 2.45) is 0 Å². The van der Waals surface area contributed by atoms with Gasteiger partial charge in [-0.2, -0.15) is 0 Å². The normalized spacial score (nSPS) is 19.1. The van der Waals surface area contributed by atoms with Gasteiger partial charge in [-0.1, -0.05) is 6.07 Å². The van der Waals surface area contributed by atoms with Crippen LogP contribution in [-0.2, 0) is 17.7 Å².